The summed E-state index contributed by atoms with van der Waals surface area (Å²) in [6.07, 6.45) is 5.36. The maximum atomic E-state index is 12.0. The van der Waals surface area contributed by atoms with E-state index >= 15 is 0 Å². The van der Waals surface area contributed by atoms with E-state index in [1.54, 1.807) is 0 Å². The first-order valence-electron chi connectivity index (χ1n) is 10.6. The smallest absolute Gasteiger partial charge is 0.309 e. The number of hydrogen-bond donors (Lipinski definition) is 0. The van der Waals surface area contributed by atoms with Gasteiger partial charge in [0.15, 0.2) is 0 Å². The summed E-state index contributed by atoms with van der Waals surface area (Å²) in [5, 5.41) is 0. The van der Waals surface area contributed by atoms with Crippen molar-refractivity contribution in [1.29, 1.82) is 0 Å². The van der Waals surface area contributed by atoms with Crippen molar-refractivity contribution in [3.63, 3.8) is 0 Å². The first kappa shape index (κ1) is 17.7. The molecule has 3 aliphatic rings. The Morgan fingerprint density at radius 3 is 2.93 bits per heavy atom. The van der Waals surface area contributed by atoms with Gasteiger partial charge in [0.25, 0.3) is 0 Å². The normalized spacial score (nSPS) is 25.2. The van der Waals surface area contributed by atoms with Crippen LogP contribution in [0.15, 0.2) is 24.3 Å². The van der Waals surface area contributed by atoms with Gasteiger partial charge in [-0.3, -0.25) is 4.79 Å². The van der Waals surface area contributed by atoms with Crippen molar-refractivity contribution in [3.8, 4) is 11.3 Å². The molecular formula is C23H27N3O2. The number of aromatic nitrogens is 2. The van der Waals surface area contributed by atoms with Crippen molar-refractivity contribution in [2.24, 2.45) is 5.92 Å². The van der Waals surface area contributed by atoms with Crippen molar-refractivity contribution < 1.29 is 9.53 Å². The Hall–Kier alpha value is -2.43. The third-order valence-electron chi connectivity index (χ3n) is 6.47. The van der Waals surface area contributed by atoms with Crippen LogP contribution in [0.25, 0.3) is 11.3 Å². The topological polar surface area (TPSA) is 55.3 Å². The van der Waals surface area contributed by atoms with Gasteiger partial charge in [-0.05, 0) is 63.5 Å². The molecule has 0 amide bonds. The molecule has 0 radical (unpaired) electrons. The van der Waals surface area contributed by atoms with Crippen LogP contribution >= 0.6 is 0 Å². The number of esters is 1. The molecule has 3 atom stereocenters. The van der Waals surface area contributed by atoms with Crippen LogP contribution in [-0.4, -0.2) is 35.1 Å². The predicted octanol–water partition coefficient (Wildman–Crippen LogP) is 3.90. The van der Waals surface area contributed by atoms with E-state index in [1.165, 1.54) is 23.2 Å². The number of hydrogen-bond acceptors (Lipinski definition) is 5. The number of anilines is 1. The molecular weight excluding hydrogens is 350 g/mol. The predicted molar refractivity (Wildman–Crippen MR) is 108 cm³/mol. The van der Waals surface area contributed by atoms with Crippen LogP contribution in [0.3, 0.4) is 0 Å². The van der Waals surface area contributed by atoms with Crippen molar-refractivity contribution in [2.45, 2.75) is 57.9 Å². The van der Waals surface area contributed by atoms with E-state index in [1.807, 2.05) is 6.92 Å². The molecule has 5 heteroatoms. The second kappa shape index (κ2) is 6.87. The van der Waals surface area contributed by atoms with E-state index < -0.39 is 0 Å². The van der Waals surface area contributed by atoms with Crippen LogP contribution in [0.1, 0.15) is 55.8 Å². The molecule has 0 N–H and O–H groups in total. The lowest BCUT2D eigenvalue weighted by Crippen LogP contribution is -2.46. The molecule has 2 heterocycles. The van der Waals surface area contributed by atoms with Gasteiger partial charge in [0.1, 0.15) is 0 Å². The van der Waals surface area contributed by atoms with Gasteiger partial charge in [0.2, 0.25) is 5.95 Å². The van der Waals surface area contributed by atoms with Crippen LogP contribution in [0.4, 0.5) is 5.95 Å². The maximum absolute atomic E-state index is 12.0. The number of nitrogens with zero attached hydrogens (tertiary/aromatic N) is 3. The summed E-state index contributed by atoms with van der Waals surface area (Å²) in [5.74, 6) is 1.12. The first-order chi connectivity index (χ1) is 13.7. The van der Waals surface area contributed by atoms with Crippen molar-refractivity contribution in [3.05, 3.63) is 41.1 Å². The Morgan fingerprint density at radius 2 is 2.18 bits per heavy atom. The molecule has 1 saturated carbocycles. The maximum Gasteiger partial charge on any atom is 0.309 e. The second-order valence-electron chi connectivity index (χ2n) is 8.31. The summed E-state index contributed by atoms with van der Waals surface area (Å²) in [5.41, 5.74) is 6.00. The highest BCUT2D eigenvalue weighted by Crippen LogP contribution is 2.49. The van der Waals surface area contributed by atoms with Crippen LogP contribution in [0.5, 0.6) is 0 Å². The third-order valence-corrected chi connectivity index (χ3v) is 6.47. The molecule has 0 bridgehead atoms. The van der Waals surface area contributed by atoms with E-state index in [2.05, 4.69) is 36.1 Å². The largest absolute Gasteiger partial charge is 0.466 e. The summed E-state index contributed by atoms with van der Waals surface area (Å²) in [4.78, 5) is 24.3. The van der Waals surface area contributed by atoms with E-state index in [4.69, 9.17) is 14.7 Å². The minimum atomic E-state index is -0.0603. The van der Waals surface area contributed by atoms with Gasteiger partial charge in [-0.1, -0.05) is 18.2 Å². The number of aryl methyl sites for hydroxylation is 1. The second-order valence-corrected chi connectivity index (χ2v) is 8.31. The molecule has 1 aromatic heterocycles. The van der Waals surface area contributed by atoms with Crippen LogP contribution in [-0.2, 0) is 22.4 Å². The highest BCUT2D eigenvalue weighted by atomic mass is 16.5. The SMILES string of the molecule is CCOC(=O)C1CC1c1cccc(-c2nc(N3CC[C@@H]3C)nc3c2CCC3)c1. The van der Waals surface area contributed by atoms with Gasteiger partial charge in [-0.25, -0.2) is 9.97 Å². The molecule has 2 unspecified atom stereocenters. The Labute approximate surface area is 166 Å². The molecule has 1 saturated heterocycles. The highest BCUT2D eigenvalue weighted by Gasteiger charge is 2.45. The van der Waals surface area contributed by atoms with Crippen molar-refractivity contribution in [2.75, 3.05) is 18.1 Å². The fraction of sp³-hybridized carbons (Fsp3) is 0.522. The van der Waals surface area contributed by atoms with Crippen LogP contribution < -0.4 is 4.90 Å². The highest BCUT2D eigenvalue weighted by molar-refractivity contribution is 5.78. The van der Waals surface area contributed by atoms with Gasteiger partial charge in [0.05, 0.1) is 18.2 Å². The molecule has 2 aliphatic carbocycles. The Bertz CT molecular complexity index is 926. The first-order valence-corrected chi connectivity index (χ1v) is 10.6. The van der Waals surface area contributed by atoms with Crippen LogP contribution in [0.2, 0.25) is 0 Å². The Balaban J connectivity index is 1.48. The van der Waals surface area contributed by atoms with Crippen molar-refractivity contribution in [1.82, 2.24) is 9.97 Å². The molecule has 2 fully saturated rings. The number of ether oxygens (including phenoxy) is 1. The number of benzene rings is 1. The monoisotopic (exact) mass is 377 g/mol. The number of carbonyl (C=O) groups is 1. The molecule has 146 valence electrons. The third kappa shape index (κ3) is 2.97. The number of fused-ring (bicyclic) bond motifs is 1. The average molecular weight is 377 g/mol. The fourth-order valence-electron chi connectivity index (χ4n) is 4.59. The summed E-state index contributed by atoms with van der Waals surface area (Å²) in [6.45, 7) is 5.60. The summed E-state index contributed by atoms with van der Waals surface area (Å²) >= 11 is 0. The summed E-state index contributed by atoms with van der Waals surface area (Å²) < 4.78 is 5.20. The van der Waals surface area contributed by atoms with Gasteiger partial charge in [0, 0.05) is 29.4 Å². The minimum Gasteiger partial charge on any atom is -0.466 e. The average Bonchev–Trinajstić information content (AvgIpc) is 3.37. The molecule has 2 aromatic rings. The number of rotatable bonds is 5. The molecule has 1 aromatic carbocycles. The molecule has 5 rings (SSSR count). The van der Waals surface area contributed by atoms with E-state index in [9.17, 15) is 4.79 Å². The Kier molecular flexibility index (Phi) is 4.33. The molecule has 0 spiro atoms. The van der Waals surface area contributed by atoms with Gasteiger partial charge in [-0.2, -0.15) is 0 Å². The lowest BCUT2D eigenvalue weighted by Gasteiger charge is -2.39. The van der Waals surface area contributed by atoms with E-state index in [0.717, 1.165) is 49.4 Å². The number of carbonyl (C=O) groups excluding carboxylic acids is 1. The van der Waals surface area contributed by atoms with E-state index in [0.29, 0.717) is 12.6 Å². The lowest BCUT2D eigenvalue weighted by atomic mass is 10.00. The standard InChI is InChI=1S/C23H27N3O2/c1-3-28-22(27)19-13-18(19)15-6-4-7-16(12-15)21-17-8-5-9-20(17)24-23(25-21)26-11-10-14(26)2/h4,6-7,12,14,18-19H,3,5,8-11,13H2,1-2H3/t14-,18?,19?/m0/s1. The summed E-state index contributed by atoms with van der Waals surface area (Å²) in [7, 11) is 0. The molecule has 5 nitrogen and oxygen atoms in total. The zero-order valence-corrected chi connectivity index (χ0v) is 16.6. The zero-order valence-electron chi connectivity index (χ0n) is 16.6. The van der Waals surface area contributed by atoms with Crippen LogP contribution in [0, 0.1) is 5.92 Å². The molecule has 1 aliphatic heterocycles. The van der Waals surface area contributed by atoms with E-state index in [-0.39, 0.29) is 17.8 Å². The fourth-order valence-corrected chi connectivity index (χ4v) is 4.59. The van der Waals surface area contributed by atoms with Gasteiger partial charge in [-0.15, -0.1) is 0 Å². The lowest BCUT2D eigenvalue weighted by molar-refractivity contribution is -0.144. The zero-order chi connectivity index (χ0) is 19.3. The van der Waals surface area contributed by atoms with Gasteiger partial charge >= 0.3 is 5.97 Å². The quantitative estimate of drug-likeness (QED) is 0.740. The Morgan fingerprint density at radius 1 is 1.29 bits per heavy atom. The summed E-state index contributed by atoms with van der Waals surface area (Å²) in [6, 6.07) is 9.13. The minimum absolute atomic E-state index is 0.0174. The molecule has 28 heavy (non-hydrogen) atoms. The van der Waals surface area contributed by atoms with Gasteiger partial charge < -0.3 is 9.64 Å². The van der Waals surface area contributed by atoms with Crippen molar-refractivity contribution >= 4 is 11.9 Å².